The number of carbonyl (C=O) groups excluding carboxylic acids is 1. The van der Waals surface area contributed by atoms with Gasteiger partial charge in [0.2, 0.25) is 5.91 Å². The van der Waals surface area contributed by atoms with Crippen molar-refractivity contribution in [3.8, 4) is 0 Å². The predicted octanol–water partition coefficient (Wildman–Crippen LogP) is 1.90. The predicted molar refractivity (Wildman–Crippen MR) is 112 cm³/mol. The Morgan fingerprint density at radius 2 is 1.88 bits per heavy atom. The summed E-state index contributed by atoms with van der Waals surface area (Å²) in [6, 6.07) is 0.449. The van der Waals surface area contributed by atoms with Crippen molar-refractivity contribution in [1.82, 2.24) is 20.4 Å². The fourth-order valence-corrected chi connectivity index (χ4v) is 2.56. The van der Waals surface area contributed by atoms with Crippen molar-refractivity contribution in [3.63, 3.8) is 0 Å². The number of unbranched alkanes of at least 4 members (excludes halogenated alkanes) is 1. The smallest absolute Gasteiger partial charge is 0.243 e. The second kappa shape index (κ2) is 13.7. The van der Waals surface area contributed by atoms with Crippen LogP contribution in [-0.4, -0.2) is 74.5 Å². The second-order valence-electron chi connectivity index (χ2n) is 6.49. The third-order valence-corrected chi connectivity index (χ3v) is 4.17. The average molecular weight is 453 g/mol. The van der Waals surface area contributed by atoms with Crippen molar-refractivity contribution < 1.29 is 4.79 Å². The van der Waals surface area contributed by atoms with Crippen molar-refractivity contribution in [1.29, 1.82) is 0 Å². The first-order valence-corrected chi connectivity index (χ1v) is 9.04. The van der Waals surface area contributed by atoms with Crippen LogP contribution in [0.25, 0.3) is 0 Å². The molecule has 0 radical (unpaired) electrons. The Labute approximate surface area is 164 Å². The van der Waals surface area contributed by atoms with Gasteiger partial charge in [-0.3, -0.25) is 4.79 Å². The molecule has 1 aliphatic heterocycles. The molecular weight excluding hydrogens is 417 g/mol. The average Bonchev–Trinajstić information content (AvgIpc) is 2.56. The van der Waals surface area contributed by atoms with Gasteiger partial charge in [-0.05, 0) is 32.2 Å². The van der Waals surface area contributed by atoms with Gasteiger partial charge in [-0.25, -0.2) is 4.99 Å². The summed E-state index contributed by atoms with van der Waals surface area (Å²) in [5.74, 6) is 0.797. The number of amides is 1. The number of nitrogens with zero attached hydrogens (tertiary/aromatic N) is 3. The largest absolute Gasteiger partial charge is 0.356 e. The Balaban J connectivity index is 0.00000529. The number of likely N-dealkylation sites (N-methyl/N-ethyl adjacent to an activating group) is 1. The van der Waals surface area contributed by atoms with Gasteiger partial charge in [0.05, 0.1) is 0 Å². The van der Waals surface area contributed by atoms with Crippen LogP contribution in [-0.2, 0) is 4.79 Å². The summed E-state index contributed by atoms with van der Waals surface area (Å²) >= 11 is 0. The highest BCUT2D eigenvalue weighted by Gasteiger charge is 2.19. The number of hydrogen-bond acceptors (Lipinski definition) is 3. The van der Waals surface area contributed by atoms with Crippen LogP contribution < -0.4 is 10.6 Å². The SMILES string of the molecule is CCCCN1CCC(NC(=NCC(=O)N(C)C)NCCC)CC1.I. The summed E-state index contributed by atoms with van der Waals surface area (Å²) in [5.41, 5.74) is 0. The van der Waals surface area contributed by atoms with Crippen LogP contribution in [0.4, 0.5) is 0 Å². The fourth-order valence-electron chi connectivity index (χ4n) is 2.56. The van der Waals surface area contributed by atoms with Gasteiger partial charge in [0, 0.05) is 39.8 Å². The van der Waals surface area contributed by atoms with Gasteiger partial charge < -0.3 is 20.4 Å². The van der Waals surface area contributed by atoms with Gasteiger partial charge in [0.25, 0.3) is 0 Å². The van der Waals surface area contributed by atoms with Gasteiger partial charge in [-0.2, -0.15) is 0 Å². The van der Waals surface area contributed by atoms with E-state index in [1.165, 1.54) is 19.4 Å². The first kappa shape index (κ1) is 23.4. The van der Waals surface area contributed by atoms with Crippen LogP contribution in [0.15, 0.2) is 4.99 Å². The molecule has 0 unspecified atom stereocenters. The number of hydrogen-bond donors (Lipinski definition) is 2. The molecule has 0 aromatic heterocycles. The topological polar surface area (TPSA) is 60.0 Å². The molecule has 0 aliphatic carbocycles. The molecule has 24 heavy (non-hydrogen) atoms. The summed E-state index contributed by atoms with van der Waals surface area (Å²) in [5, 5.41) is 6.81. The van der Waals surface area contributed by atoms with E-state index in [2.05, 4.69) is 34.4 Å². The number of halogens is 1. The highest BCUT2D eigenvalue weighted by Crippen LogP contribution is 2.11. The summed E-state index contributed by atoms with van der Waals surface area (Å²) in [7, 11) is 3.52. The van der Waals surface area contributed by atoms with Gasteiger partial charge in [0.1, 0.15) is 6.54 Å². The Morgan fingerprint density at radius 1 is 1.21 bits per heavy atom. The van der Waals surface area contributed by atoms with Gasteiger partial charge >= 0.3 is 0 Å². The van der Waals surface area contributed by atoms with E-state index in [9.17, 15) is 4.79 Å². The van der Waals surface area contributed by atoms with Crippen molar-refractivity contribution in [2.45, 2.75) is 52.0 Å². The molecule has 142 valence electrons. The quantitative estimate of drug-likeness (QED) is 0.335. The zero-order valence-electron chi connectivity index (χ0n) is 15.8. The number of rotatable bonds is 8. The highest BCUT2D eigenvalue weighted by atomic mass is 127. The Morgan fingerprint density at radius 3 is 2.42 bits per heavy atom. The molecule has 1 amide bonds. The lowest BCUT2D eigenvalue weighted by Gasteiger charge is -2.33. The van der Waals surface area contributed by atoms with Gasteiger partial charge in [-0.15, -0.1) is 24.0 Å². The first-order valence-electron chi connectivity index (χ1n) is 9.04. The molecule has 0 aromatic rings. The van der Waals surface area contributed by atoms with E-state index >= 15 is 0 Å². The van der Waals surface area contributed by atoms with Crippen LogP contribution in [0, 0.1) is 0 Å². The van der Waals surface area contributed by atoms with Crippen molar-refractivity contribution in [2.75, 3.05) is 46.8 Å². The summed E-state index contributed by atoms with van der Waals surface area (Å²) in [4.78, 5) is 20.3. The molecule has 1 saturated heterocycles. The van der Waals surface area contributed by atoms with E-state index < -0.39 is 0 Å². The third-order valence-electron chi connectivity index (χ3n) is 4.17. The molecule has 1 aliphatic rings. The second-order valence-corrected chi connectivity index (χ2v) is 6.49. The van der Waals surface area contributed by atoms with E-state index in [1.54, 1.807) is 19.0 Å². The van der Waals surface area contributed by atoms with E-state index in [-0.39, 0.29) is 36.4 Å². The minimum atomic E-state index is 0. The lowest BCUT2D eigenvalue weighted by Crippen LogP contribution is -2.49. The van der Waals surface area contributed by atoms with Gasteiger partial charge in [-0.1, -0.05) is 20.3 Å². The van der Waals surface area contributed by atoms with Crippen molar-refractivity contribution in [3.05, 3.63) is 0 Å². The normalized spacial score (nSPS) is 16.4. The molecule has 1 heterocycles. The van der Waals surface area contributed by atoms with Crippen LogP contribution in [0.2, 0.25) is 0 Å². The number of likely N-dealkylation sites (tertiary alicyclic amines) is 1. The summed E-state index contributed by atoms with van der Waals surface area (Å²) < 4.78 is 0. The molecule has 2 N–H and O–H groups in total. The number of carbonyl (C=O) groups is 1. The van der Waals surface area contributed by atoms with Crippen LogP contribution in [0.5, 0.6) is 0 Å². The highest BCUT2D eigenvalue weighted by molar-refractivity contribution is 14.0. The van der Waals surface area contributed by atoms with Crippen molar-refractivity contribution >= 4 is 35.8 Å². The molecule has 0 bridgehead atoms. The molecule has 0 atom stereocenters. The Bertz CT molecular complexity index is 368. The summed E-state index contributed by atoms with van der Waals surface area (Å²) in [6.45, 7) is 8.95. The fraction of sp³-hybridized carbons (Fsp3) is 0.882. The molecule has 0 aromatic carbocycles. The third kappa shape index (κ3) is 9.66. The monoisotopic (exact) mass is 453 g/mol. The summed E-state index contributed by atoms with van der Waals surface area (Å²) in [6.07, 6.45) is 5.86. The maximum Gasteiger partial charge on any atom is 0.243 e. The molecule has 0 spiro atoms. The Kier molecular flexibility index (Phi) is 13.4. The van der Waals surface area contributed by atoms with Crippen LogP contribution >= 0.6 is 24.0 Å². The maximum atomic E-state index is 11.7. The molecule has 1 fully saturated rings. The maximum absolute atomic E-state index is 11.7. The van der Waals surface area contributed by atoms with E-state index in [0.29, 0.717) is 6.04 Å². The zero-order chi connectivity index (χ0) is 17.1. The zero-order valence-corrected chi connectivity index (χ0v) is 18.1. The van der Waals surface area contributed by atoms with Crippen LogP contribution in [0.3, 0.4) is 0 Å². The lowest BCUT2D eigenvalue weighted by atomic mass is 10.0. The van der Waals surface area contributed by atoms with E-state index in [4.69, 9.17) is 0 Å². The van der Waals surface area contributed by atoms with E-state index in [0.717, 1.165) is 44.9 Å². The van der Waals surface area contributed by atoms with E-state index in [1.807, 2.05) is 0 Å². The minimum absolute atomic E-state index is 0. The molecule has 6 nitrogen and oxygen atoms in total. The number of guanidine groups is 1. The molecule has 0 saturated carbocycles. The number of aliphatic imine (C=N–C) groups is 1. The van der Waals surface area contributed by atoms with Gasteiger partial charge in [0.15, 0.2) is 5.96 Å². The molecule has 7 heteroatoms. The number of nitrogens with one attached hydrogen (secondary N) is 2. The minimum Gasteiger partial charge on any atom is -0.356 e. The molecule has 1 rings (SSSR count). The first-order chi connectivity index (χ1) is 11.1. The standard InChI is InChI=1S/C17H35N5O.HI/c1-5-7-11-22-12-8-15(9-13-22)20-17(18-10-6-2)19-14-16(23)21(3)4;/h15H,5-14H2,1-4H3,(H2,18,19,20);1H. The molecular formula is C17H36IN5O. The van der Waals surface area contributed by atoms with Crippen LogP contribution in [0.1, 0.15) is 46.0 Å². The number of piperidine rings is 1. The van der Waals surface area contributed by atoms with Crippen molar-refractivity contribution in [2.24, 2.45) is 4.99 Å². The Hall–Kier alpha value is -0.570. The lowest BCUT2D eigenvalue weighted by molar-refractivity contribution is -0.127.